The molecule has 26 heavy (non-hydrogen) atoms. The molecule has 0 heterocycles. The second-order valence-corrected chi connectivity index (χ2v) is 6.58. The SMILES string of the molecule is CC[C@H](C)[C@@H](C(=O)OCC(=O)N[C@@H](C)c1ccccc1)c1ccccc1. The van der Waals surface area contributed by atoms with Gasteiger partial charge in [0, 0.05) is 0 Å². The molecule has 2 aromatic rings. The fraction of sp³-hybridized carbons (Fsp3) is 0.364. The van der Waals surface area contributed by atoms with Crippen LogP contribution in [0.5, 0.6) is 0 Å². The summed E-state index contributed by atoms with van der Waals surface area (Å²) in [4.78, 5) is 24.7. The zero-order valence-corrected chi connectivity index (χ0v) is 15.6. The van der Waals surface area contributed by atoms with E-state index in [-0.39, 0.29) is 36.4 Å². The summed E-state index contributed by atoms with van der Waals surface area (Å²) >= 11 is 0. The molecule has 0 fully saturated rings. The lowest BCUT2D eigenvalue weighted by molar-refractivity contribution is -0.151. The second kappa shape index (κ2) is 9.76. The quantitative estimate of drug-likeness (QED) is 0.722. The zero-order valence-electron chi connectivity index (χ0n) is 15.6. The maximum absolute atomic E-state index is 12.6. The molecule has 0 bridgehead atoms. The number of hydrogen-bond donors (Lipinski definition) is 1. The van der Waals surface area contributed by atoms with Crippen LogP contribution in [0.2, 0.25) is 0 Å². The summed E-state index contributed by atoms with van der Waals surface area (Å²) in [5.74, 6) is -0.879. The summed E-state index contributed by atoms with van der Waals surface area (Å²) in [6.45, 7) is 5.70. The van der Waals surface area contributed by atoms with Gasteiger partial charge in [-0.3, -0.25) is 9.59 Å². The number of nitrogens with one attached hydrogen (secondary N) is 1. The van der Waals surface area contributed by atoms with E-state index in [1.165, 1.54) is 0 Å². The molecule has 1 amide bonds. The number of ether oxygens (including phenoxy) is 1. The van der Waals surface area contributed by atoms with Crippen LogP contribution in [0.15, 0.2) is 60.7 Å². The molecule has 1 N–H and O–H groups in total. The number of carbonyl (C=O) groups is 2. The van der Waals surface area contributed by atoms with Gasteiger partial charge < -0.3 is 10.1 Å². The monoisotopic (exact) mass is 353 g/mol. The molecule has 0 aromatic heterocycles. The van der Waals surface area contributed by atoms with Crippen LogP contribution in [0.1, 0.15) is 50.3 Å². The minimum Gasteiger partial charge on any atom is -0.455 e. The Balaban J connectivity index is 1.94. The first-order chi connectivity index (χ1) is 12.5. The van der Waals surface area contributed by atoms with Gasteiger partial charge in [0.25, 0.3) is 5.91 Å². The van der Waals surface area contributed by atoms with Gasteiger partial charge in [-0.25, -0.2) is 0 Å². The van der Waals surface area contributed by atoms with Crippen molar-refractivity contribution < 1.29 is 14.3 Å². The van der Waals surface area contributed by atoms with Crippen molar-refractivity contribution in [3.63, 3.8) is 0 Å². The van der Waals surface area contributed by atoms with E-state index in [4.69, 9.17) is 4.74 Å². The van der Waals surface area contributed by atoms with E-state index in [1.54, 1.807) is 0 Å². The molecule has 0 saturated carbocycles. The number of carbonyl (C=O) groups excluding carboxylic acids is 2. The summed E-state index contributed by atoms with van der Waals surface area (Å²) in [6, 6.07) is 19.1. The molecule has 0 aliphatic rings. The summed E-state index contributed by atoms with van der Waals surface area (Å²) in [7, 11) is 0. The van der Waals surface area contributed by atoms with Gasteiger partial charge >= 0.3 is 5.97 Å². The third-order valence-electron chi connectivity index (χ3n) is 4.65. The Kier molecular flexibility index (Phi) is 7.39. The van der Waals surface area contributed by atoms with Gasteiger partial charge in [0.15, 0.2) is 6.61 Å². The van der Waals surface area contributed by atoms with Crippen LogP contribution >= 0.6 is 0 Å². The summed E-state index contributed by atoms with van der Waals surface area (Å²) in [6.07, 6.45) is 0.853. The van der Waals surface area contributed by atoms with Crippen LogP contribution in [0.25, 0.3) is 0 Å². The highest BCUT2D eigenvalue weighted by atomic mass is 16.5. The molecule has 2 aromatic carbocycles. The summed E-state index contributed by atoms with van der Waals surface area (Å²) < 4.78 is 5.33. The Labute approximate surface area is 155 Å². The van der Waals surface area contributed by atoms with Gasteiger partial charge in [0.1, 0.15) is 0 Å². The molecule has 0 unspecified atom stereocenters. The largest absolute Gasteiger partial charge is 0.455 e. The van der Waals surface area contributed by atoms with Gasteiger partial charge in [-0.15, -0.1) is 0 Å². The van der Waals surface area contributed by atoms with Crippen LogP contribution < -0.4 is 5.32 Å². The second-order valence-electron chi connectivity index (χ2n) is 6.58. The molecule has 0 aliphatic heterocycles. The van der Waals surface area contributed by atoms with Gasteiger partial charge in [-0.1, -0.05) is 80.9 Å². The topological polar surface area (TPSA) is 55.4 Å². The number of hydrogen-bond acceptors (Lipinski definition) is 3. The first-order valence-corrected chi connectivity index (χ1v) is 9.08. The van der Waals surface area contributed by atoms with Gasteiger partial charge in [-0.2, -0.15) is 0 Å². The van der Waals surface area contributed by atoms with E-state index >= 15 is 0 Å². The van der Waals surface area contributed by atoms with E-state index in [2.05, 4.69) is 5.32 Å². The van der Waals surface area contributed by atoms with Gasteiger partial charge in [0.05, 0.1) is 12.0 Å². The van der Waals surface area contributed by atoms with E-state index < -0.39 is 0 Å². The van der Waals surface area contributed by atoms with E-state index in [9.17, 15) is 9.59 Å². The Morgan fingerprint density at radius 3 is 2.00 bits per heavy atom. The third kappa shape index (κ3) is 5.45. The molecular weight excluding hydrogens is 326 g/mol. The number of rotatable bonds is 8. The predicted molar refractivity (Wildman–Crippen MR) is 103 cm³/mol. The minimum atomic E-state index is -0.361. The molecule has 0 radical (unpaired) electrons. The van der Waals surface area contributed by atoms with E-state index in [0.29, 0.717) is 0 Å². The Morgan fingerprint density at radius 2 is 1.46 bits per heavy atom. The van der Waals surface area contributed by atoms with Crippen molar-refractivity contribution in [1.82, 2.24) is 5.32 Å². The van der Waals surface area contributed by atoms with Crippen LogP contribution in [0.3, 0.4) is 0 Å². The highest BCUT2D eigenvalue weighted by molar-refractivity contribution is 5.83. The molecule has 0 spiro atoms. The minimum absolute atomic E-state index is 0.135. The zero-order chi connectivity index (χ0) is 18.9. The highest BCUT2D eigenvalue weighted by Crippen LogP contribution is 2.28. The van der Waals surface area contributed by atoms with Crippen LogP contribution in [0.4, 0.5) is 0 Å². The van der Waals surface area contributed by atoms with Crippen LogP contribution in [-0.4, -0.2) is 18.5 Å². The number of esters is 1. The predicted octanol–water partition coefficient (Wildman–Crippen LogP) is 4.24. The first kappa shape index (κ1) is 19.7. The molecule has 0 saturated heterocycles. The first-order valence-electron chi connectivity index (χ1n) is 9.08. The maximum Gasteiger partial charge on any atom is 0.314 e. The van der Waals surface area contributed by atoms with Crippen molar-refractivity contribution in [2.45, 2.75) is 39.2 Å². The molecule has 2 rings (SSSR count). The smallest absolute Gasteiger partial charge is 0.314 e. The van der Waals surface area contributed by atoms with Gasteiger partial charge in [-0.05, 0) is 24.0 Å². The van der Waals surface area contributed by atoms with Crippen molar-refractivity contribution in [2.24, 2.45) is 5.92 Å². The molecule has 0 aliphatic carbocycles. The lowest BCUT2D eigenvalue weighted by atomic mass is 9.86. The molecule has 3 atom stereocenters. The average Bonchev–Trinajstić information content (AvgIpc) is 2.68. The van der Waals surface area contributed by atoms with Crippen molar-refractivity contribution in [2.75, 3.05) is 6.61 Å². The maximum atomic E-state index is 12.6. The van der Waals surface area contributed by atoms with E-state index in [0.717, 1.165) is 17.5 Å². The Morgan fingerprint density at radius 1 is 0.923 bits per heavy atom. The fourth-order valence-corrected chi connectivity index (χ4v) is 2.93. The lowest BCUT2D eigenvalue weighted by Gasteiger charge is -2.22. The highest BCUT2D eigenvalue weighted by Gasteiger charge is 2.27. The summed E-state index contributed by atoms with van der Waals surface area (Å²) in [5, 5.41) is 2.86. The number of benzene rings is 2. The Hall–Kier alpha value is -2.62. The standard InChI is InChI=1S/C22H27NO3/c1-4-16(2)21(19-13-9-6-10-14-19)22(25)26-15-20(24)23-17(3)18-11-7-5-8-12-18/h5-14,16-17,21H,4,15H2,1-3H3,(H,23,24)/t16-,17-,21+/m0/s1. The normalized spacial score (nSPS) is 14.1. The molecule has 138 valence electrons. The number of amides is 1. The fourth-order valence-electron chi connectivity index (χ4n) is 2.93. The van der Waals surface area contributed by atoms with Crippen LogP contribution in [0, 0.1) is 5.92 Å². The van der Waals surface area contributed by atoms with Crippen molar-refractivity contribution in [1.29, 1.82) is 0 Å². The van der Waals surface area contributed by atoms with Crippen molar-refractivity contribution in [3.8, 4) is 0 Å². The lowest BCUT2D eigenvalue weighted by Crippen LogP contribution is -2.32. The molecular formula is C22H27NO3. The molecule has 4 heteroatoms. The van der Waals surface area contributed by atoms with E-state index in [1.807, 2.05) is 81.4 Å². The average molecular weight is 353 g/mol. The molecule has 4 nitrogen and oxygen atoms in total. The van der Waals surface area contributed by atoms with Crippen molar-refractivity contribution in [3.05, 3.63) is 71.8 Å². The van der Waals surface area contributed by atoms with Gasteiger partial charge in [0.2, 0.25) is 0 Å². The summed E-state index contributed by atoms with van der Waals surface area (Å²) in [5.41, 5.74) is 1.93. The third-order valence-corrected chi connectivity index (χ3v) is 4.65. The van der Waals surface area contributed by atoms with Crippen LogP contribution in [-0.2, 0) is 14.3 Å². The Bertz CT molecular complexity index is 700. The van der Waals surface area contributed by atoms with Crippen molar-refractivity contribution >= 4 is 11.9 Å².